The van der Waals surface area contributed by atoms with Gasteiger partial charge in [-0.3, -0.25) is 10.6 Å². The summed E-state index contributed by atoms with van der Waals surface area (Å²) in [6.45, 7) is 2.07. The number of benzene rings is 3. The van der Waals surface area contributed by atoms with Crippen molar-refractivity contribution in [2.24, 2.45) is 0 Å². The van der Waals surface area contributed by atoms with Crippen molar-refractivity contribution in [3.05, 3.63) is 95.6 Å². The molecule has 5 rings (SSSR count). The highest BCUT2D eigenvalue weighted by Gasteiger charge is 2.36. The van der Waals surface area contributed by atoms with Gasteiger partial charge < -0.3 is 10.4 Å². The van der Waals surface area contributed by atoms with Gasteiger partial charge in [0.2, 0.25) is 0 Å². The molecule has 0 bridgehead atoms. The van der Waals surface area contributed by atoms with Gasteiger partial charge in [0, 0.05) is 48.1 Å². The lowest BCUT2D eigenvalue weighted by atomic mass is 9.91. The van der Waals surface area contributed by atoms with E-state index in [4.69, 9.17) is 0 Å². The Labute approximate surface area is 177 Å². The van der Waals surface area contributed by atoms with Crippen molar-refractivity contribution in [2.75, 3.05) is 25.0 Å². The Hall–Kier alpha value is -2.92. The Morgan fingerprint density at radius 2 is 1.47 bits per heavy atom. The van der Waals surface area contributed by atoms with E-state index in [0.29, 0.717) is 0 Å². The van der Waals surface area contributed by atoms with Gasteiger partial charge in [0.15, 0.2) is 0 Å². The zero-order chi connectivity index (χ0) is 20.3. The third kappa shape index (κ3) is 3.43. The molecule has 0 spiro atoms. The Bertz CT molecular complexity index is 1050. The number of para-hydroxylation sites is 1. The standard InChI is InChI=1S/C26H27N3O/c30-17-14-21-20-11-4-5-12-22(20)25(24(21)26-27-15-16-28-26)29-23-13-7-6-10-19(23)18-8-2-1-3-9-18/h1-13,21,26-30H,14-17H2. The van der Waals surface area contributed by atoms with Gasteiger partial charge in [0.25, 0.3) is 0 Å². The first-order valence-electron chi connectivity index (χ1n) is 10.7. The Morgan fingerprint density at radius 1 is 0.800 bits per heavy atom. The fourth-order valence-electron chi connectivity index (χ4n) is 4.77. The minimum atomic E-state index is 0.111. The molecular formula is C26H27N3O. The highest BCUT2D eigenvalue weighted by atomic mass is 16.3. The van der Waals surface area contributed by atoms with Gasteiger partial charge in [-0.15, -0.1) is 0 Å². The molecule has 0 saturated carbocycles. The van der Waals surface area contributed by atoms with E-state index in [1.165, 1.54) is 27.8 Å². The van der Waals surface area contributed by atoms with Crippen molar-refractivity contribution in [3.63, 3.8) is 0 Å². The summed E-state index contributed by atoms with van der Waals surface area (Å²) in [6.07, 6.45) is 0.831. The molecule has 0 aromatic heterocycles. The average molecular weight is 398 g/mol. The van der Waals surface area contributed by atoms with E-state index in [1.54, 1.807) is 0 Å². The summed E-state index contributed by atoms with van der Waals surface area (Å²) >= 11 is 0. The van der Waals surface area contributed by atoms with Crippen LogP contribution in [-0.4, -0.2) is 31.0 Å². The number of aliphatic hydroxyl groups excluding tert-OH is 1. The highest BCUT2D eigenvalue weighted by molar-refractivity contribution is 5.91. The van der Waals surface area contributed by atoms with E-state index < -0.39 is 0 Å². The minimum Gasteiger partial charge on any atom is -0.396 e. The molecule has 4 nitrogen and oxygen atoms in total. The molecule has 1 aliphatic heterocycles. The first-order valence-corrected chi connectivity index (χ1v) is 10.7. The second-order valence-corrected chi connectivity index (χ2v) is 7.86. The molecule has 4 N–H and O–H groups in total. The maximum Gasteiger partial charge on any atom is 0.0824 e. The van der Waals surface area contributed by atoms with Crippen molar-refractivity contribution in [1.29, 1.82) is 0 Å². The largest absolute Gasteiger partial charge is 0.396 e. The van der Waals surface area contributed by atoms with Gasteiger partial charge in [-0.1, -0.05) is 72.8 Å². The molecule has 3 aromatic rings. The summed E-state index contributed by atoms with van der Waals surface area (Å²) in [5, 5.41) is 20.8. The van der Waals surface area contributed by atoms with Crippen LogP contribution in [0.5, 0.6) is 0 Å². The molecule has 0 radical (unpaired) electrons. The average Bonchev–Trinajstić information content (AvgIpc) is 3.42. The number of hydrogen-bond donors (Lipinski definition) is 4. The first-order chi connectivity index (χ1) is 14.9. The molecule has 1 heterocycles. The zero-order valence-electron chi connectivity index (χ0n) is 16.9. The summed E-state index contributed by atoms with van der Waals surface area (Å²) in [7, 11) is 0. The van der Waals surface area contributed by atoms with Crippen LogP contribution in [0, 0.1) is 0 Å². The lowest BCUT2D eigenvalue weighted by molar-refractivity contribution is 0.279. The van der Waals surface area contributed by atoms with E-state index in [9.17, 15) is 5.11 Å². The van der Waals surface area contributed by atoms with Crippen LogP contribution >= 0.6 is 0 Å². The second kappa shape index (κ2) is 8.44. The molecule has 4 heteroatoms. The van der Waals surface area contributed by atoms with Crippen molar-refractivity contribution >= 4 is 11.4 Å². The van der Waals surface area contributed by atoms with E-state index >= 15 is 0 Å². The van der Waals surface area contributed by atoms with Gasteiger partial charge in [-0.05, 0) is 29.2 Å². The number of nitrogens with one attached hydrogen (secondary N) is 3. The van der Waals surface area contributed by atoms with Crippen LogP contribution in [0.1, 0.15) is 23.5 Å². The molecular weight excluding hydrogens is 370 g/mol. The van der Waals surface area contributed by atoms with Crippen LogP contribution in [-0.2, 0) is 0 Å². The van der Waals surface area contributed by atoms with Gasteiger partial charge in [0.1, 0.15) is 0 Å². The molecule has 3 aromatic carbocycles. The van der Waals surface area contributed by atoms with Crippen molar-refractivity contribution in [3.8, 4) is 11.1 Å². The summed E-state index contributed by atoms with van der Waals surface area (Å²) in [5.74, 6) is 0.195. The highest BCUT2D eigenvalue weighted by Crippen LogP contribution is 2.46. The van der Waals surface area contributed by atoms with Crippen molar-refractivity contribution in [1.82, 2.24) is 10.6 Å². The van der Waals surface area contributed by atoms with Crippen LogP contribution in [0.2, 0.25) is 0 Å². The van der Waals surface area contributed by atoms with Gasteiger partial charge in [-0.25, -0.2) is 0 Å². The number of hydrogen-bond acceptors (Lipinski definition) is 4. The summed E-state index contributed by atoms with van der Waals surface area (Å²) in [6, 6.07) is 27.5. The molecule has 2 aliphatic rings. The fourth-order valence-corrected chi connectivity index (χ4v) is 4.77. The topological polar surface area (TPSA) is 56.3 Å². The lowest BCUT2D eigenvalue weighted by Gasteiger charge is -2.23. The predicted molar refractivity (Wildman–Crippen MR) is 123 cm³/mol. The van der Waals surface area contributed by atoms with Crippen LogP contribution in [0.25, 0.3) is 16.8 Å². The predicted octanol–water partition coefficient (Wildman–Crippen LogP) is 4.18. The van der Waals surface area contributed by atoms with Crippen LogP contribution in [0.15, 0.2) is 84.4 Å². The zero-order valence-corrected chi connectivity index (χ0v) is 16.9. The molecule has 30 heavy (non-hydrogen) atoms. The number of rotatable bonds is 6. The Morgan fingerprint density at radius 3 is 2.23 bits per heavy atom. The van der Waals surface area contributed by atoms with Crippen molar-refractivity contribution < 1.29 is 5.11 Å². The van der Waals surface area contributed by atoms with Crippen LogP contribution in [0.3, 0.4) is 0 Å². The van der Waals surface area contributed by atoms with Gasteiger partial charge in [0.05, 0.1) is 6.17 Å². The number of aliphatic hydroxyl groups is 1. The molecule has 1 fully saturated rings. The third-order valence-electron chi connectivity index (χ3n) is 6.09. The van der Waals surface area contributed by atoms with Gasteiger partial charge >= 0.3 is 0 Å². The maximum absolute atomic E-state index is 9.80. The maximum atomic E-state index is 9.80. The summed E-state index contributed by atoms with van der Waals surface area (Å²) in [5.41, 5.74) is 8.43. The Kier molecular flexibility index (Phi) is 5.37. The molecule has 152 valence electrons. The molecule has 1 unspecified atom stereocenters. The second-order valence-electron chi connectivity index (χ2n) is 7.86. The lowest BCUT2D eigenvalue weighted by Crippen LogP contribution is -2.35. The third-order valence-corrected chi connectivity index (χ3v) is 6.09. The Balaban J connectivity index is 1.63. The van der Waals surface area contributed by atoms with E-state index in [0.717, 1.165) is 30.9 Å². The normalized spacial score (nSPS) is 18.6. The SMILES string of the molecule is OCCC1C(C2NCCN2)=C(Nc2ccccc2-c2ccccc2)c2ccccc21. The van der Waals surface area contributed by atoms with Gasteiger partial charge in [-0.2, -0.15) is 0 Å². The van der Waals surface area contributed by atoms with Crippen LogP contribution < -0.4 is 16.0 Å². The molecule has 1 aliphatic carbocycles. The molecule has 1 atom stereocenters. The smallest absolute Gasteiger partial charge is 0.0824 e. The summed E-state index contributed by atoms with van der Waals surface area (Å²) < 4.78 is 0. The van der Waals surface area contributed by atoms with E-state index in [1.807, 2.05) is 6.07 Å². The molecule has 1 saturated heterocycles. The van der Waals surface area contributed by atoms with E-state index in [-0.39, 0.29) is 18.7 Å². The number of fused-ring (bicyclic) bond motifs is 1. The first kappa shape index (κ1) is 19.1. The van der Waals surface area contributed by atoms with Crippen LogP contribution in [0.4, 0.5) is 5.69 Å². The van der Waals surface area contributed by atoms with Crippen molar-refractivity contribution in [2.45, 2.75) is 18.5 Å². The quantitative estimate of drug-likeness (QED) is 0.504. The number of anilines is 1. The minimum absolute atomic E-state index is 0.111. The fraction of sp³-hybridized carbons (Fsp3) is 0.231. The molecule has 0 amide bonds. The van der Waals surface area contributed by atoms with E-state index in [2.05, 4.69) is 88.7 Å². The monoisotopic (exact) mass is 397 g/mol. The summed E-state index contributed by atoms with van der Waals surface area (Å²) in [4.78, 5) is 0.